The molecule has 2 aliphatic carbocycles. The average molecular weight is 321 g/mol. The number of benzene rings is 1. The number of aromatic nitrogens is 3. The summed E-state index contributed by atoms with van der Waals surface area (Å²) in [7, 11) is 0. The Morgan fingerprint density at radius 3 is 2.67 bits per heavy atom. The monoisotopic (exact) mass is 321 g/mol. The second-order valence-corrected chi connectivity index (χ2v) is 6.50. The molecule has 1 atom stereocenters. The molecule has 122 valence electrons. The van der Waals surface area contributed by atoms with Crippen LogP contribution in [0, 0.1) is 18.3 Å². The molecule has 2 aliphatic rings. The molecule has 2 aromatic rings. The fourth-order valence-corrected chi connectivity index (χ4v) is 2.85. The molecule has 0 radical (unpaired) electrons. The van der Waals surface area contributed by atoms with Gasteiger partial charge in [0.05, 0.1) is 5.69 Å². The van der Waals surface area contributed by atoms with Gasteiger partial charge in [0, 0.05) is 12.3 Å². The summed E-state index contributed by atoms with van der Waals surface area (Å²) in [6, 6.07) is 9.76. The van der Waals surface area contributed by atoms with E-state index in [0.717, 1.165) is 37.2 Å². The lowest BCUT2D eigenvalue weighted by atomic mass is 10.2. The molecule has 0 aliphatic heterocycles. The molecule has 0 amide bonds. The summed E-state index contributed by atoms with van der Waals surface area (Å²) in [4.78, 5) is 16.9. The van der Waals surface area contributed by atoms with Crippen LogP contribution in [0.1, 0.15) is 54.5 Å². The summed E-state index contributed by atoms with van der Waals surface area (Å²) < 4.78 is 7.35. The highest BCUT2D eigenvalue weighted by Crippen LogP contribution is 2.40. The van der Waals surface area contributed by atoms with Gasteiger partial charge in [0.25, 0.3) is 5.82 Å². The van der Waals surface area contributed by atoms with Crippen molar-refractivity contribution in [3.63, 3.8) is 0 Å². The van der Waals surface area contributed by atoms with Gasteiger partial charge in [-0.1, -0.05) is 18.2 Å². The van der Waals surface area contributed by atoms with E-state index in [1.54, 1.807) is 4.68 Å². The summed E-state index contributed by atoms with van der Waals surface area (Å²) in [5.74, 6) is 3.86. The molecule has 0 bridgehead atoms. The Morgan fingerprint density at radius 2 is 2.04 bits per heavy atom. The zero-order valence-electron chi connectivity index (χ0n) is 13.4. The fraction of sp³-hybridized carbons (Fsp3) is 0.421. The van der Waals surface area contributed by atoms with Crippen molar-refractivity contribution < 1.29 is 9.53 Å². The molecule has 0 saturated heterocycles. The molecule has 1 unspecified atom stereocenters. The van der Waals surface area contributed by atoms with Gasteiger partial charge in [0.2, 0.25) is 0 Å². The third-order valence-corrected chi connectivity index (χ3v) is 4.48. The standard InChI is InChI=1S/C19H19N3O2/c1-2-6-16(13-9-10-13)24-19(23)17-20-18(14-11-12-14)22(21-17)15-7-4-3-5-8-15/h1,3-5,7-8,13-14,16H,6,9-12H2. The molecule has 1 heterocycles. The molecule has 1 aromatic heterocycles. The molecular weight excluding hydrogens is 302 g/mol. The van der Waals surface area contributed by atoms with Crippen LogP contribution in [-0.4, -0.2) is 26.8 Å². The Morgan fingerprint density at radius 1 is 1.29 bits per heavy atom. The largest absolute Gasteiger partial charge is 0.455 e. The predicted octanol–water partition coefficient (Wildman–Crippen LogP) is 3.10. The van der Waals surface area contributed by atoms with Crippen LogP contribution in [0.25, 0.3) is 5.69 Å². The van der Waals surface area contributed by atoms with E-state index in [4.69, 9.17) is 11.2 Å². The highest BCUT2D eigenvalue weighted by Gasteiger charge is 2.36. The van der Waals surface area contributed by atoms with Crippen LogP contribution in [-0.2, 0) is 4.74 Å². The van der Waals surface area contributed by atoms with Crippen molar-refractivity contribution in [2.45, 2.75) is 44.1 Å². The first kappa shape index (κ1) is 14.9. The van der Waals surface area contributed by atoms with Gasteiger partial charge in [-0.3, -0.25) is 0 Å². The third kappa shape index (κ3) is 3.05. The lowest BCUT2D eigenvalue weighted by Gasteiger charge is -2.13. The number of para-hydroxylation sites is 1. The van der Waals surface area contributed by atoms with E-state index in [-0.39, 0.29) is 11.9 Å². The molecule has 4 rings (SSSR count). The molecule has 1 aromatic carbocycles. The summed E-state index contributed by atoms with van der Waals surface area (Å²) in [5, 5.41) is 4.41. The lowest BCUT2D eigenvalue weighted by molar-refractivity contribution is 0.0247. The minimum Gasteiger partial charge on any atom is -0.455 e. The van der Waals surface area contributed by atoms with Crippen molar-refractivity contribution in [1.82, 2.24) is 14.8 Å². The normalized spacial score (nSPS) is 18.0. The van der Waals surface area contributed by atoms with Crippen molar-refractivity contribution in [1.29, 1.82) is 0 Å². The van der Waals surface area contributed by atoms with Gasteiger partial charge in [-0.05, 0) is 43.7 Å². The highest BCUT2D eigenvalue weighted by molar-refractivity contribution is 5.85. The van der Waals surface area contributed by atoms with Crippen LogP contribution in [0.4, 0.5) is 0 Å². The maximum Gasteiger partial charge on any atom is 0.378 e. The molecular formula is C19H19N3O2. The molecule has 2 fully saturated rings. The average Bonchev–Trinajstić information content (AvgIpc) is 3.52. The van der Waals surface area contributed by atoms with Crippen molar-refractivity contribution in [2.24, 2.45) is 5.92 Å². The summed E-state index contributed by atoms with van der Waals surface area (Å²) in [5.41, 5.74) is 0.910. The van der Waals surface area contributed by atoms with Gasteiger partial charge in [0.1, 0.15) is 11.9 Å². The summed E-state index contributed by atoms with van der Waals surface area (Å²) >= 11 is 0. The van der Waals surface area contributed by atoms with E-state index in [1.807, 2.05) is 30.3 Å². The molecule has 0 spiro atoms. The van der Waals surface area contributed by atoms with Crippen molar-refractivity contribution in [2.75, 3.05) is 0 Å². The number of ether oxygens (including phenoxy) is 1. The first-order valence-corrected chi connectivity index (χ1v) is 8.43. The van der Waals surface area contributed by atoms with Gasteiger partial charge < -0.3 is 4.74 Å². The number of rotatable bonds is 6. The fourth-order valence-electron chi connectivity index (χ4n) is 2.85. The second-order valence-electron chi connectivity index (χ2n) is 6.50. The SMILES string of the molecule is C#CCC(OC(=O)c1nc(C2CC2)n(-c2ccccc2)n1)C1CC1. The zero-order chi connectivity index (χ0) is 16.5. The van der Waals surface area contributed by atoms with Gasteiger partial charge in [-0.15, -0.1) is 17.4 Å². The van der Waals surface area contributed by atoms with Crippen LogP contribution in [0.2, 0.25) is 0 Å². The maximum absolute atomic E-state index is 12.5. The minimum atomic E-state index is -0.473. The number of terminal acetylenes is 1. The minimum absolute atomic E-state index is 0.128. The van der Waals surface area contributed by atoms with Gasteiger partial charge in [-0.25, -0.2) is 14.5 Å². The topological polar surface area (TPSA) is 57.0 Å². The first-order chi connectivity index (χ1) is 11.8. The Labute approximate surface area is 141 Å². The second kappa shape index (κ2) is 6.12. The molecule has 0 N–H and O–H groups in total. The number of hydrogen-bond donors (Lipinski definition) is 0. The molecule has 5 heteroatoms. The predicted molar refractivity (Wildman–Crippen MR) is 88.7 cm³/mol. The van der Waals surface area contributed by atoms with Crippen molar-refractivity contribution in [3.05, 3.63) is 42.0 Å². The summed E-state index contributed by atoms with van der Waals surface area (Å²) in [6.07, 6.45) is 9.93. The van der Waals surface area contributed by atoms with Crippen LogP contribution >= 0.6 is 0 Å². The lowest BCUT2D eigenvalue weighted by Crippen LogP contribution is -2.21. The quantitative estimate of drug-likeness (QED) is 0.606. The number of hydrogen-bond acceptors (Lipinski definition) is 4. The Bertz CT molecular complexity index is 783. The third-order valence-electron chi connectivity index (χ3n) is 4.48. The van der Waals surface area contributed by atoms with Crippen LogP contribution < -0.4 is 0 Å². The van der Waals surface area contributed by atoms with Crippen LogP contribution in [0.15, 0.2) is 30.3 Å². The number of carbonyl (C=O) groups excluding carboxylic acids is 1. The van der Waals surface area contributed by atoms with E-state index < -0.39 is 5.97 Å². The van der Waals surface area contributed by atoms with Crippen LogP contribution in [0.3, 0.4) is 0 Å². The van der Waals surface area contributed by atoms with Crippen molar-refractivity contribution >= 4 is 5.97 Å². The van der Waals surface area contributed by atoms with E-state index in [2.05, 4.69) is 16.0 Å². The van der Waals surface area contributed by atoms with E-state index in [1.165, 1.54) is 0 Å². The van der Waals surface area contributed by atoms with E-state index >= 15 is 0 Å². The molecule has 2 saturated carbocycles. The van der Waals surface area contributed by atoms with Gasteiger partial charge in [-0.2, -0.15) is 0 Å². The smallest absolute Gasteiger partial charge is 0.378 e. The number of esters is 1. The number of nitrogens with zero attached hydrogens (tertiary/aromatic N) is 3. The molecule has 24 heavy (non-hydrogen) atoms. The number of carbonyl (C=O) groups is 1. The Kier molecular flexibility index (Phi) is 3.81. The highest BCUT2D eigenvalue weighted by atomic mass is 16.5. The maximum atomic E-state index is 12.5. The Hall–Kier alpha value is -2.61. The van der Waals surface area contributed by atoms with Gasteiger partial charge >= 0.3 is 5.97 Å². The van der Waals surface area contributed by atoms with Crippen LogP contribution in [0.5, 0.6) is 0 Å². The Balaban J connectivity index is 1.59. The zero-order valence-corrected chi connectivity index (χ0v) is 13.4. The first-order valence-electron chi connectivity index (χ1n) is 8.43. The summed E-state index contributed by atoms with van der Waals surface area (Å²) in [6.45, 7) is 0. The van der Waals surface area contributed by atoms with Gasteiger partial charge in [0.15, 0.2) is 0 Å². The van der Waals surface area contributed by atoms with E-state index in [9.17, 15) is 4.79 Å². The van der Waals surface area contributed by atoms with Crippen molar-refractivity contribution in [3.8, 4) is 18.0 Å². The molecule has 5 nitrogen and oxygen atoms in total. The van der Waals surface area contributed by atoms with E-state index in [0.29, 0.717) is 18.3 Å².